The lowest BCUT2D eigenvalue weighted by molar-refractivity contribution is 0.0806. The molecule has 0 aromatic rings. The van der Waals surface area contributed by atoms with Crippen molar-refractivity contribution in [1.29, 1.82) is 0 Å². The summed E-state index contributed by atoms with van der Waals surface area (Å²) in [7, 11) is 0. The van der Waals surface area contributed by atoms with Crippen molar-refractivity contribution in [2.45, 2.75) is 33.6 Å². The summed E-state index contributed by atoms with van der Waals surface area (Å²) < 4.78 is 5.73. The van der Waals surface area contributed by atoms with E-state index in [0.29, 0.717) is 0 Å². The zero-order valence-corrected chi connectivity index (χ0v) is 11.0. The van der Waals surface area contributed by atoms with Crippen molar-refractivity contribution in [3.05, 3.63) is 12.2 Å². The van der Waals surface area contributed by atoms with Gasteiger partial charge >= 0.3 is 0 Å². The minimum absolute atomic E-state index is 0.725. The quantitative estimate of drug-likeness (QED) is 0.531. The first-order valence-corrected chi connectivity index (χ1v) is 6.63. The lowest BCUT2D eigenvalue weighted by Crippen LogP contribution is -2.26. The van der Waals surface area contributed by atoms with Crippen molar-refractivity contribution < 1.29 is 4.74 Å². The molecule has 0 amide bonds. The monoisotopic (exact) mass is 225 g/mol. The van der Waals surface area contributed by atoms with Crippen LogP contribution in [0.4, 0.5) is 0 Å². The van der Waals surface area contributed by atoms with Gasteiger partial charge in [-0.3, -0.25) is 0 Å². The molecule has 0 aliphatic heterocycles. The van der Waals surface area contributed by atoms with Crippen LogP contribution in [-0.4, -0.2) is 26.3 Å². The van der Waals surface area contributed by atoms with Crippen molar-refractivity contribution in [2.75, 3.05) is 26.3 Å². The van der Waals surface area contributed by atoms with E-state index in [1.807, 2.05) is 0 Å². The molecule has 2 atom stereocenters. The molecule has 1 rings (SSSR count). The van der Waals surface area contributed by atoms with Gasteiger partial charge in [0.15, 0.2) is 0 Å². The Morgan fingerprint density at radius 3 is 2.75 bits per heavy atom. The molecular formula is C14H27NO. The van der Waals surface area contributed by atoms with Crippen molar-refractivity contribution in [1.82, 2.24) is 5.32 Å². The van der Waals surface area contributed by atoms with Crippen LogP contribution < -0.4 is 5.32 Å². The number of hydrogen-bond donors (Lipinski definition) is 1. The summed E-state index contributed by atoms with van der Waals surface area (Å²) in [6.07, 6.45) is 7.01. The number of ether oxygens (including phenoxy) is 1. The third-order valence-electron chi connectivity index (χ3n) is 3.23. The highest BCUT2D eigenvalue weighted by molar-refractivity contribution is 4.93. The van der Waals surface area contributed by atoms with Gasteiger partial charge in [0.2, 0.25) is 0 Å². The summed E-state index contributed by atoms with van der Waals surface area (Å²) in [6, 6.07) is 0. The third kappa shape index (κ3) is 5.66. The van der Waals surface area contributed by atoms with Gasteiger partial charge in [0.1, 0.15) is 0 Å². The fourth-order valence-corrected chi connectivity index (χ4v) is 2.01. The molecule has 2 heteroatoms. The minimum Gasteiger partial charge on any atom is -0.380 e. The molecule has 0 fully saturated rings. The maximum Gasteiger partial charge on any atom is 0.0591 e. The number of nitrogens with one attached hydrogen (secondary N) is 1. The van der Waals surface area contributed by atoms with Gasteiger partial charge in [0.25, 0.3) is 0 Å². The van der Waals surface area contributed by atoms with Crippen molar-refractivity contribution in [3.63, 3.8) is 0 Å². The molecule has 1 aliphatic rings. The normalized spacial score (nSPS) is 25.2. The van der Waals surface area contributed by atoms with Crippen LogP contribution in [-0.2, 0) is 4.74 Å². The molecule has 2 nitrogen and oxygen atoms in total. The van der Waals surface area contributed by atoms with Gasteiger partial charge in [0.05, 0.1) is 13.2 Å². The van der Waals surface area contributed by atoms with Crippen molar-refractivity contribution in [3.8, 4) is 0 Å². The van der Waals surface area contributed by atoms with E-state index >= 15 is 0 Å². The molecule has 0 saturated carbocycles. The lowest BCUT2D eigenvalue weighted by Gasteiger charge is -2.24. The van der Waals surface area contributed by atoms with E-state index in [4.69, 9.17) is 4.74 Å². The molecule has 0 aromatic carbocycles. The van der Waals surface area contributed by atoms with Gasteiger partial charge in [-0.1, -0.05) is 32.9 Å². The van der Waals surface area contributed by atoms with Crippen LogP contribution in [0.15, 0.2) is 12.2 Å². The first kappa shape index (κ1) is 13.7. The standard InChI is InChI=1S/C14H27NO/c1-12(2)10-15-8-9-16-11-14-7-5-4-6-13(14)3/h4-5,12-15H,6-11H2,1-3H3. The second kappa shape index (κ2) is 7.86. The SMILES string of the molecule is CC(C)CNCCOCC1CC=CCC1C. The first-order chi connectivity index (χ1) is 7.70. The molecule has 0 heterocycles. The maximum absolute atomic E-state index is 5.73. The fourth-order valence-electron chi connectivity index (χ4n) is 2.01. The molecule has 16 heavy (non-hydrogen) atoms. The van der Waals surface area contributed by atoms with Crippen LogP contribution in [0.25, 0.3) is 0 Å². The predicted molar refractivity (Wildman–Crippen MR) is 69.6 cm³/mol. The Morgan fingerprint density at radius 2 is 2.06 bits per heavy atom. The summed E-state index contributed by atoms with van der Waals surface area (Å²) >= 11 is 0. The van der Waals surface area contributed by atoms with E-state index in [2.05, 4.69) is 38.2 Å². The molecule has 0 radical (unpaired) electrons. The third-order valence-corrected chi connectivity index (χ3v) is 3.23. The molecular weight excluding hydrogens is 198 g/mol. The van der Waals surface area contributed by atoms with Crippen molar-refractivity contribution in [2.24, 2.45) is 17.8 Å². The number of allylic oxidation sites excluding steroid dienone is 2. The van der Waals surface area contributed by atoms with E-state index < -0.39 is 0 Å². The Kier molecular flexibility index (Phi) is 6.74. The maximum atomic E-state index is 5.73. The summed E-state index contributed by atoms with van der Waals surface area (Å²) in [5.41, 5.74) is 0. The average molecular weight is 225 g/mol. The summed E-state index contributed by atoms with van der Waals surface area (Å²) in [6.45, 7) is 10.6. The summed E-state index contributed by atoms with van der Waals surface area (Å²) in [5.74, 6) is 2.24. The topological polar surface area (TPSA) is 21.3 Å². The molecule has 1 N–H and O–H groups in total. The van der Waals surface area contributed by atoms with Gasteiger partial charge in [0, 0.05) is 6.54 Å². The molecule has 2 unspecified atom stereocenters. The largest absolute Gasteiger partial charge is 0.380 e. The van der Waals surface area contributed by atoms with Gasteiger partial charge in [-0.05, 0) is 37.1 Å². The zero-order chi connectivity index (χ0) is 11.8. The Hall–Kier alpha value is -0.340. The molecule has 1 aliphatic carbocycles. The van der Waals surface area contributed by atoms with E-state index in [1.54, 1.807) is 0 Å². The van der Waals surface area contributed by atoms with Gasteiger partial charge in [-0.2, -0.15) is 0 Å². The van der Waals surface area contributed by atoms with Crippen LogP contribution in [0.5, 0.6) is 0 Å². The molecule has 0 spiro atoms. The predicted octanol–water partition coefficient (Wildman–Crippen LogP) is 2.85. The average Bonchev–Trinajstić information content (AvgIpc) is 2.25. The van der Waals surface area contributed by atoms with Crippen LogP contribution in [0.1, 0.15) is 33.6 Å². The fraction of sp³-hybridized carbons (Fsp3) is 0.857. The van der Waals surface area contributed by atoms with Crippen LogP contribution >= 0.6 is 0 Å². The van der Waals surface area contributed by atoms with Crippen LogP contribution in [0.2, 0.25) is 0 Å². The first-order valence-electron chi connectivity index (χ1n) is 6.63. The number of hydrogen-bond acceptors (Lipinski definition) is 2. The van der Waals surface area contributed by atoms with Crippen LogP contribution in [0.3, 0.4) is 0 Å². The Labute approximate surface area is 100 Å². The highest BCUT2D eigenvalue weighted by Crippen LogP contribution is 2.24. The molecule has 0 bridgehead atoms. The van der Waals surface area contributed by atoms with Gasteiger partial charge in [-0.25, -0.2) is 0 Å². The van der Waals surface area contributed by atoms with Gasteiger partial charge < -0.3 is 10.1 Å². The Bertz CT molecular complexity index is 201. The smallest absolute Gasteiger partial charge is 0.0591 e. The summed E-state index contributed by atoms with van der Waals surface area (Å²) in [5, 5.41) is 3.39. The lowest BCUT2D eigenvalue weighted by atomic mass is 9.85. The molecule has 0 saturated heterocycles. The highest BCUT2D eigenvalue weighted by atomic mass is 16.5. The zero-order valence-electron chi connectivity index (χ0n) is 11.0. The van der Waals surface area contributed by atoms with Crippen molar-refractivity contribution >= 4 is 0 Å². The van der Waals surface area contributed by atoms with E-state index in [9.17, 15) is 0 Å². The van der Waals surface area contributed by atoms with E-state index in [1.165, 1.54) is 12.8 Å². The van der Waals surface area contributed by atoms with E-state index in [0.717, 1.165) is 44.1 Å². The summed E-state index contributed by atoms with van der Waals surface area (Å²) in [4.78, 5) is 0. The van der Waals surface area contributed by atoms with Gasteiger partial charge in [-0.15, -0.1) is 0 Å². The second-order valence-electron chi connectivity index (χ2n) is 5.35. The highest BCUT2D eigenvalue weighted by Gasteiger charge is 2.17. The van der Waals surface area contributed by atoms with E-state index in [-0.39, 0.29) is 0 Å². The minimum atomic E-state index is 0.725. The number of rotatable bonds is 7. The Balaban J connectivity index is 1.96. The molecule has 94 valence electrons. The van der Waals surface area contributed by atoms with Crippen LogP contribution in [0, 0.1) is 17.8 Å². The molecule has 0 aromatic heterocycles. The Morgan fingerprint density at radius 1 is 1.31 bits per heavy atom. The second-order valence-corrected chi connectivity index (χ2v) is 5.35.